The van der Waals surface area contributed by atoms with Gasteiger partial charge in [-0.3, -0.25) is 9.59 Å². The molecule has 3 rings (SSSR count). The molecular weight excluding hydrogens is 554 g/mol. The summed E-state index contributed by atoms with van der Waals surface area (Å²) in [5, 5.41) is 6.98. The summed E-state index contributed by atoms with van der Waals surface area (Å²) in [6.07, 6.45) is 1.60. The highest BCUT2D eigenvalue weighted by Gasteiger charge is 2.15. The van der Waals surface area contributed by atoms with Crippen molar-refractivity contribution in [2.75, 3.05) is 38.5 Å². The molecule has 3 aromatic rings. The zero-order chi connectivity index (χ0) is 28.4. The van der Waals surface area contributed by atoms with Crippen molar-refractivity contribution in [1.82, 2.24) is 15.2 Å². The van der Waals surface area contributed by atoms with Crippen LogP contribution in [0.25, 0.3) is 0 Å². The highest BCUT2D eigenvalue weighted by molar-refractivity contribution is 9.10. The van der Waals surface area contributed by atoms with Crippen LogP contribution >= 0.6 is 15.9 Å². The molecule has 0 saturated heterocycles. The van der Waals surface area contributed by atoms with E-state index in [1.807, 2.05) is 56.3 Å². The fourth-order valence-corrected chi connectivity index (χ4v) is 4.44. The van der Waals surface area contributed by atoms with Crippen molar-refractivity contribution < 1.29 is 9.59 Å². The highest BCUT2D eigenvalue weighted by atomic mass is 79.9. The number of amides is 2. The number of rotatable bonds is 12. The minimum absolute atomic E-state index is 0.286. The third kappa shape index (κ3) is 9.13. The number of aryl methyl sites for hydroxylation is 2. The highest BCUT2D eigenvalue weighted by Crippen LogP contribution is 2.22. The Labute approximate surface area is 240 Å². The number of nitrogens with one attached hydrogen (secondary N) is 2. The molecule has 0 unspecified atom stereocenters. The minimum atomic E-state index is -0.421. The van der Waals surface area contributed by atoms with Crippen LogP contribution in [0.2, 0.25) is 0 Å². The molecule has 206 valence electrons. The number of nitrogens with zero attached hydrogens (tertiary/aromatic N) is 3. The number of carbonyl (C=O) groups is 2. The van der Waals surface area contributed by atoms with Crippen molar-refractivity contribution in [3.63, 3.8) is 0 Å². The van der Waals surface area contributed by atoms with E-state index < -0.39 is 5.91 Å². The van der Waals surface area contributed by atoms with Crippen LogP contribution < -0.4 is 10.7 Å². The second-order valence-corrected chi connectivity index (χ2v) is 10.6. The Bertz CT molecular complexity index is 1300. The third-order valence-electron chi connectivity index (χ3n) is 6.75. The largest absolute Gasteiger partial charge is 0.321 e. The topological polar surface area (TPSA) is 77.0 Å². The van der Waals surface area contributed by atoms with Gasteiger partial charge in [-0.2, -0.15) is 5.10 Å². The minimum Gasteiger partial charge on any atom is -0.321 e. The lowest BCUT2D eigenvalue weighted by Crippen LogP contribution is -2.32. The summed E-state index contributed by atoms with van der Waals surface area (Å²) in [5.74, 6) is -0.707. The van der Waals surface area contributed by atoms with Gasteiger partial charge in [0.25, 0.3) is 11.8 Å². The summed E-state index contributed by atoms with van der Waals surface area (Å²) in [6, 6.07) is 18.7. The molecule has 39 heavy (non-hydrogen) atoms. The Balaban J connectivity index is 1.62. The quantitative estimate of drug-likeness (QED) is 0.204. The monoisotopic (exact) mass is 591 g/mol. The summed E-state index contributed by atoms with van der Waals surface area (Å²) < 4.78 is 0.721. The lowest BCUT2D eigenvalue weighted by Gasteiger charge is -2.23. The van der Waals surface area contributed by atoms with E-state index in [0.717, 1.165) is 53.9 Å². The average molecular weight is 593 g/mol. The molecular formula is C31H38BrN5O2. The molecule has 3 aromatic carbocycles. The van der Waals surface area contributed by atoms with Gasteiger partial charge in [-0.15, -0.1) is 0 Å². The number of halogens is 1. The maximum absolute atomic E-state index is 13.0. The summed E-state index contributed by atoms with van der Waals surface area (Å²) in [4.78, 5) is 30.6. The Morgan fingerprint density at radius 3 is 2.28 bits per heavy atom. The van der Waals surface area contributed by atoms with Gasteiger partial charge >= 0.3 is 0 Å². The first-order valence-electron chi connectivity index (χ1n) is 13.2. The number of benzene rings is 3. The van der Waals surface area contributed by atoms with Gasteiger partial charge in [-0.05, 0) is 86.6 Å². The van der Waals surface area contributed by atoms with Crippen molar-refractivity contribution in [2.24, 2.45) is 5.10 Å². The maximum atomic E-state index is 13.0. The fourth-order valence-electron chi connectivity index (χ4n) is 4.08. The standard InChI is InChI=1S/C31H38BrN5O2/c1-6-37(7-2)17-16-36(5)21-24-10-12-26(13-11-24)30(38)34-29-15-14-27(32)19-28(29)31(39)35-33-20-25-9-8-22(3)23(4)18-25/h8-15,18-20H,6-7,16-17,21H2,1-5H3,(H,34,38)(H,35,39). The van der Waals surface area contributed by atoms with Crippen molar-refractivity contribution in [1.29, 1.82) is 0 Å². The molecule has 8 heteroatoms. The summed E-state index contributed by atoms with van der Waals surface area (Å²) >= 11 is 3.41. The number of hydrazone groups is 1. The van der Waals surface area contributed by atoms with Crippen LogP contribution in [0, 0.1) is 13.8 Å². The van der Waals surface area contributed by atoms with Gasteiger partial charge < -0.3 is 15.1 Å². The zero-order valence-electron chi connectivity index (χ0n) is 23.4. The molecule has 0 saturated carbocycles. The van der Waals surface area contributed by atoms with Crippen molar-refractivity contribution in [2.45, 2.75) is 34.2 Å². The van der Waals surface area contributed by atoms with Gasteiger partial charge in [0, 0.05) is 29.7 Å². The smallest absolute Gasteiger partial charge is 0.273 e. The zero-order valence-corrected chi connectivity index (χ0v) is 25.0. The Morgan fingerprint density at radius 1 is 0.897 bits per heavy atom. The lowest BCUT2D eigenvalue weighted by molar-refractivity contribution is 0.0956. The van der Waals surface area contributed by atoms with Gasteiger partial charge in [0.2, 0.25) is 0 Å². The maximum Gasteiger partial charge on any atom is 0.273 e. The first-order valence-corrected chi connectivity index (χ1v) is 14.0. The van der Waals surface area contributed by atoms with E-state index in [0.29, 0.717) is 16.8 Å². The van der Waals surface area contributed by atoms with Gasteiger partial charge in [0.1, 0.15) is 0 Å². The molecule has 0 fully saturated rings. The van der Waals surface area contributed by atoms with E-state index in [1.165, 1.54) is 5.56 Å². The second kappa shape index (κ2) is 14.7. The number of carbonyl (C=O) groups excluding carboxylic acids is 2. The summed E-state index contributed by atoms with van der Waals surface area (Å²) in [5.41, 5.74) is 8.16. The van der Waals surface area contributed by atoms with E-state index in [1.54, 1.807) is 24.4 Å². The molecule has 0 atom stereocenters. The van der Waals surface area contributed by atoms with E-state index in [9.17, 15) is 9.59 Å². The molecule has 7 nitrogen and oxygen atoms in total. The first kappa shape index (κ1) is 30.2. The molecule has 0 aliphatic carbocycles. The van der Waals surface area contributed by atoms with E-state index in [-0.39, 0.29) is 5.91 Å². The Morgan fingerprint density at radius 2 is 1.62 bits per heavy atom. The van der Waals surface area contributed by atoms with Crippen LogP contribution in [-0.4, -0.2) is 61.1 Å². The van der Waals surface area contributed by atoms with Crippen molar-refractivity contribution in [3.05, 3.63) is 98.5 Å². The molecule has 0 heterocycles. The predicted molar refractivity (Wildman–Crippen MR) is 164 cm³/mol. The third-order valence-corrected chi connectivity index (χ3v) is 7.24. The molecule has 0 aromatic heterocycles. The van der Waals surface area contributed by atoms with Crippen LogP contribution in [0.1, 0.15) is 56.8 Å². The van der Waals surface area contributed by atoms with Crippen molar-refractivity contribution >= 4 is 39.6 Å². The predicted octanol–water partition coefficient (Wildman–Crippen LogP) is 5.86. The summed E-state index contributed by atoms with van der Waals surface area (Å²) in [6.45, 7) is 13.4. The molecule has 2 N–H and O–H groups in total. The number of hydrogen-bond acceptors (Lipinski definition) is 5. The van der Waals surface area contributed by atoms with Gasteiger partial charge in [0.05, 0.1) is 17.5 Å². The van der Waals surface area contributed by atoms with Crippen LogP contribution in [0.5, 0.6) is 0 Å². The fraction of sp³-hybridized carbons (Fsp3) is 0.323. The second-order valence-electron chi connectivity index (χ2n) is 9.65. The average Bonchev–Trinajstić information content (AvgIpc) is 2.92. The van der Waals surface area contributed by atoms with E-state index >= 15 is 0 Å². The number of hydrogen-bond donors (Lipinski definition) is 2. The SMILES string of the molecule is CCN(CC)CCN(C)Cc1ccc(C(=O)Nc2ccc(Br)cc2C(=O)NN=Cc2ccc(C)c(C)c2)cc1. The molecule has 0 aliphatic rings. The molecule has 2 amide bonds. The van der Waals surface area contributed by atoms with Crippen LogP contribution in [0.15, 0.2) is 70.2 Å². The molecule has 0 aliphatic heterocycles. The Kier molecular flexibility index (Phi) is 11.4. The number of likely N-dealkylation sites (N-methyl/N-ethyl adjacent to an activating group) is 2. The van der Waals surface area contributed by atoms with Gasteiger partial charge in [-0.25, -0.2) is 5.43 Å². The van der Waals surface area contributed by atoms with E-state index in [4.69, 9.17) is 0 Å². The number of anilines is 1. The molecule has 0 spiro atoms. The van der Waals surface area contributed by atoms with Gasteiger partial charge in [-0.1, -0.05) is 60.1 Å². The summed E-state index contributed by atoms with van der Waals surface area (Å²) in [7, 11) is 2.11. The molecule has 0 bridgehead atoms. The first-order chi connectivity index (χ1) is 18.7. The van der Waals surface area contributed by atoms with Crippen LogP contribution in [-0.2, 0) is 6.54 Å². The Hall–Kier alpha value is -3.33. The van der Waals surface area contributed by atoms with E-state index in [2.05, 4.69) is 62.5 Å². The van der Waals surface area contributed by atoms with Crippen molar-refractivity contribution in [3.8, 4) is 0 Å². The van der Waals surface area contributed by atoms with Crippen LogP contribution in [0.3, 0.4) is 0 Å². The lowest BCUT2D eigenvalue weighted by atomic mass is 10.1. The normalized spacial score (nSPS) is 11.4. The van der Waals surface area contributed by atoms with Crippen LogP contribution in [0.4, 0.5) is 5.69 Å². The van der Waals surface area contributed by atoms with Gasteiger partial charge in [0.15, 0.2) is 0 Å². The molecule has 0 radical (unpaired) electrons.